The average Bonchev–Trinajstić information content (AvgIpc) is 3.32. The summed E-state index contributed by atoms with van der Waals surface area (Å²) in [5.74, 6) is 0.597. The van der Waals surface area contributed by atoms with Crippen LogP contribution in [0.5, 0.6) is 5.75 Å². The minimum absolute atomic E-state index is 0.0588. The molecule has 0 aliphatic carbocycles. The van der Waals surface area contributed by atoms with Gasteiger partial charge in [-0.1, -0.05) is 12.1 Å². The molecular weight excluding hydrogens is 368 g/mol. The first-order valence-electron chi connectivity index (χ1n) is 8.15. The van der Waals surface area contributed by atoms with Gasteiger partial charge in [-0.25, -0.2) is 0 Å². The molecule has 0 radical (unpaired) electrons. The van der Waals surface area contributed by atoms with Gasteiger partial charge >= 0.3 is 5.69 Å². The summed E-state index contributed by atoms with van der Waals surface area (Å²) in [6, 6.07) is 9.15. The van der Waals surface area contributed by atoms with Gasteiger partial charge in [0.05, 0.1) is 29.5 Å². The van der Waals surface area contributed by atoms with E-state index in [0.29, 0.717) is 11.4 Å². The van der Waals surface area contributed by atoms with Crippen molar-refractivity contribution in [3.8, 4) is 5.75 Å². The Morgan fingerprint density at radius 1 is 1.41 bits per heavy atom. The lowest BCUT2D eigenvalue weighted by molar-refractivity contribution is -0.385. The van der Waals surface area contributed by atoms with Gasteiger partial charge in [-0.15, -0.1) is 11.3 Å². The third kappa shape index (κ3) is 4.50. The SMILES string of the molecule is COc1ccc(C(C)NC(=O)c2cc(Cn3cc([N+](=O)[O-])cn3)cs2)cc1. The van der Waals surface area contributed by atoms with Gasteiger partial charge in [0.15, 0.2) is 0 Å². The second kappa shape index (κ2) is 8.00. The summed E-state index contributed by atoms with van der Waals surface area (Å²) in [5.41, 5.74) is 1.78. The second-order valence-electron chi connectivity index (χ2n) is 5.94. The quantitative estimate of drug-likeness (QED) is 0.496. The molecule has 9 heteroatoms. The number of hydrogen-bond donors (Lipinski definition) is 1. The Bertz CT molecular complexity index is 948. The summed E-state index contributed by atoms with van der Waals surface area (Å²) in [4.78, 5) is 23.3. The Kier molecular flexibility index (Phi) is 5.51. The maximum Gasteiger partial charge on any atom is 0.307 e. The monoisotopic (exact) mass is 386 g/mol. The maximum atomic E-state index is 12.5. The smallest absolute Gasteiger partial charge is 0.307 e. The van der Waals surface area contributed by atoms with Gasteiger partial charge in [0.1, 0.15) is 18.1 Å². The van der Waals surface area contributed by atoms with E-state index >= 15 is 0 Å². The Balaban J connectivity index is 1.62. The van der Waals surface area contributed by atoms with Crippen LogP contribution >= 0.6 is 11.3 Å². The Labute approximate surface area is 159 Å². The van der Waals surface area contributed by atoms with E-state index in [1.165, 1.54) is 28.4 Å². The number of hydrogen-bond acceptors (Lipinski definition) is 6. The molecular formula is C18H18N4O4S. The molecule has 0 saturated heterocycles. The van der Waals surface area contributed by atoms with Crippen LogP contribution in [-0.2, 0) is 6.54 Å². The van der Waals surface area contributed by atoms with Gasteiger partial charge in [0.25, 0.3) is 5.91 Å². The fourth-order valence-electron chi connectivity index (χ4n) is 2.54. The van der Waals surface area contributed by atoms with Crippen molar-refractivity contribution in [1.82, 2.24) is 15.1 Å². The zero-order chi connectivity index (χ0) is 19.4. The van der Waals surface area contributed by atoms with Crippen molar-refractivity contribution in [1.29, 1.82) is 0 Å². The number of thiophene rings is 1. The molecule has 1 N–H and O–H groups in total. The maximum absolute atomic E-state index is 12.5. The molecule has 1 atom stereocenters. The van der Waals surface area contributed by atoms with E-state index in [1.807, 2.05) is 36.6 Å². The average molecular weight is 386 g/mol. The Morgan fingerprint density at radius 3 is 2.78 bits per heavy atom. The van der Waals surface area contributed by atoms with Crippen molar-refractivity contribution in [2.45, 2.75) is 19.5 Å². The van der Waals surface area contributed by atoms with Crippen LogP contribution < -0.4 is 10.1 Å². The number of carbonyl (C=O) groups excluding carboxylic acids is 1. The number of carbonyl (C=O) groups is 1. The summed E-state index contributed by atoms with van der Waals surface area (Å²) in [6.07, 6.45) is 2.57. The molecule has 2 heterocycles. The molecule has 0 aliphatic heterocycles. The van der Waals surface area contributed by atoms with E-state index in [9.17, 15) is 14.9 Å². The van der Waals surface area contributed by atoms with E-state index < -0.39 is 4.92 Å². The number of nitro groups is 1. The number of methoxy groups -OCH3 is 1. The minimum atomic E-state index is -0.490. The number of rotatable bonds is 7. The molecule has 0 saturated carbocycles. The fraction of sp³-hybridized carbons (Fsp3) is 0.222. The van der Waals surface area contributed by atoms with Crippen molar-refractivity contribution in [2.24, 2.45) is 0 Å². The molecule has 0 bridgehead atoms. The van der Waals surface area contributed by atoms with Gasteiger partial charge in [-0.2, -0.15) is 5.10 Å². The molecule has 8 nitrogen and oxygen atoms in total. The number of amides is 1. The number of aromatic nitrogens is 2. The summed E-state index contributed by atoms with van der Waals surface area (Å²) >= 11 is 1.33. The second-order valence-corrected chi connectivity index (χ2v) is 6.85. The highest BCUT2D eigenvalue weighted by atomic mass is 32.1. The van der Waals surface area contributed by atoms with Gasteiger partial charge in [0.2, 0.25) is 0 Å². The number of benzene rings is 1. The molecule has 27 heavy (non-hydrogen) atoms. The molecule has 2 aromatic heterocycles. The standard InChI is InChI=1S/C18H18N4O4S/c1-12(14-3-5-16(26-2)6-4-14)20-18(23)17-7-13(11-27-17)9-21-10-15(8-19-21)22(24)25/h3-8,10-12H,9H2,1-2H3,(H,20,23). The van der Waals surface area contributed by atoms with Crippen LogP contribution in [0.3, 0.4) is 0 Å². The predicted molar refractivity (Wildman–Crippen MR) is 101 cm³/mol. The van der Waals surface area contributed by atoms with Crippen LogP contribution in [0.15, 0.2) is 48.1 Å². The van der Waals surface area contributed by atoms with E-state index in [2.05, 4.69) is 10.4 Å². The first-order chi connectivity index (χ1) is 13.0. The number of nitrogens with zero attached hydrogens (tertiary/aromatic N) is 3. The third-order valence-electron chi connectivity index (χ3n) is 4.02. The van der Waals surface area contributed by atoms with E-state index in [-0.39, 0.29) is 17.6 Å². The van der Waals surface area contributed by atoms with Crippen molar-refractivity contribution in [2.75, 3.05) is 7.11 Å². The van der Waals surface area contributed by atoms with E-state index in [1.54, 1.807) is 13.2 Å². The highest BCUT2D eigenvalue weighted by Crippen LogP contribution is 2.20. The number of ether oxygens (including phenoxy) is 1. The van der Waals surface area contributed by atoms with Crippen LogP contribution in [0.4, 0.5) is 5.69 Å². The molecule has 1 unspecified atom stereocenters. The van der Waals surface area contributed by atoms with Gasteiger partial charge < -0.3 is 10.1 Å². The molecule has 3 aromatic rings. The van der Waals surface area contributed by atoms with Crippen LogP contribution in [0.25, 0.3) is 0 Å². The van der Waals surface area contributed by atoms with Crippen molar-refractivity contribution < 1.29 is 14.5 Å². The Hall–Kier alpha value is -3.20. The normalized spacial score (nSPS) is 11.8. The van der Waals surface area contributed by atoms with Gasteiger partial charge in [-0.05, 0) is 41.6 Å². The highest BCUT2D eigenvalue weighted by Gasteiger charge is 2.15. The molecule has 1 amide bonds. The lowest BCUT2D eigenvalue weighted by Gasteiger charge is -2.14. The summed E-state index contributed by atoms with van der Waals surface area (Å²) in [6.45, 7) is 2.28. The first kappa shape index (κ1) is 18.6. The molecule has 3 rings (SSSR count). The molecule has 0 fully saturated rings. The van der Waals surface area contributed by atoms with E-state index in [4.69, 9.17) is 4.74 Å². The zero-order valence-electron chi connectivity index (χ0n) is 14.8. The lowest BCUT2D eigenvalue weighted by Crippen LogP contribution is -2.25. The van der Waals surface area contributed by atoms with E-state index in [0.717, 1.165) is 16.9 Å². The Morgan fingerprint density at radius 2 is 2.15 bits per heavy atom. The van der Waals surface area contributed by atoms with Crippen molar-refractivity contribution in [3.63, 3.8) is 0 Å². The zero-order valence-corrected chi connectivity index (χ0v) is 15.6. The van der Waals surface area contributed by atoms with Crippen molar-refractivity contribution >= 4 is 22.9 Å². The van der Waals surface area contributed by atoms with Gasteiger partial charge in [0, 0.05) is 0 Å². The van der Waals surface area contributed by atoms with Crippen LogP contribution in [0.2, 0.25) is 0 Å². The predicted octanol–water partition coefficient (Wildman–Crippen LogP) is 3.40. The molecule has 0 aliphatic rings. The number of nitrogens with one attached hydrogen (secondary N) is 1. The van der Waals surface area contributed by atoms with Crippen molar-refractivity contribution in [3.05, 3.63) is 74.2 Å². The molecule has 1 aromatic carbocycles. The van der Waals surface area contributed by atoms with Crippen LogP contribution in [0.1, 0.15) is 33.8 Å². The minimum Gasteiger partial charge on any atom is -0.497 e. The fourth-order valence-corrected chi connectivity index (χ4v) is 3.35. The van der Waals surface area contributed by atoms with Crippen LogP contribution in [-0.4, -0.2) is 27.7 Å². The van der Waals surface area contributed by atoms with Gasteiger partial charge in [-0.3, -0.25) is 19.6 Å². The lowest BCUT2D eigenvalue weighted by atomic mass is 10.1. The molecule has 140 valence electrons. The summed E-state index contributed by atoms with van der Waals surface area (Å²) < 4.78 is 6.61. The summed E-state index contributed by atoms with van der Waals surface area (Å²) in [7, 11) is 1.61. The largest absolute Gasteiger partial charge is 0.497 e. The molecule has 0 spiro atoms. The van der Waals surface area contributed by atoms with Crippen LogP contribution in [0, 0.1) is 10.1 Å². The summed E-state index contributed by atoms with van der Waals surface area (Å²) in [5, 5.41) is 19.5. The third-order valence-corrected chi connectivity index (χ3v) is 4.99. The topological polar surface area (TPSA) is 99.3 Å². The highest BCUT2D eigenvalue weighted by molar-refractivity contribution is 7.12. The first-order valence-corrected chi connectivity index (χ1v) is 9.03.